The molecular weight excluding hydrogens is 313 g/mol. The SMILES string of the molecule is CNC(Cc1cc(Br)cs1)Cc1ccccc1F. The largest absolute Gasteiger partial charge is 0.316 e. The highest BCUT2D eigenvalue weighted by Crippen LogP contribution is 2.22. The predicted octanol–water partition coefficient (Wildman–Crippen LogP) is 4.02. The molecule has 0 aliphatic heterocycles. The molecule has 1 N–H and O–H groups in total. The van der Waals surface area contributed by atoms with Crippen molar-refractivity contribution in [1.29, 1.82) is 0 Å². The predicted molar refractivity (Wildman–Crippen MR) is 78.7 cm³/mol. The van der Waals surface area contributed by atoms with E-state index in [0.29, 0.717) is 6.42 Å². The Morgan fingerprint density at radius 2 is 2.11 bits per heavy atom. The number of nitrogens with one attached hydrogen (secondary N) is 1. The van der Waals surface area contributed by atoms with Crippen LogP contribution in [0.5, 0.6) is 0 Å². The van der Waals surface area contributed by atoms with E-state index in [4.69, 9.17) is 0 Å². The molecule has 0 fully saturated rings. The van der Waals surface area contributed by atoms with Crippen molar-refractivity contribution in [2.24, 2.45) is 0 Å². The molecule has 0 amide bonds. The van der Waals surface area contributed by atoms with Crippen molar-refractivity contribution in [2.75, 3.05) is 7.05 Å². The number of hydrogen-bond acceptors (Lipinski definition) is 2. The van der Waals surface area contributed by atoms with E-state index in [1.165, 1.54) is 10.9 Å². The number of hydrogen-bond donors (Lipinski definition) is 1. The molecule has 1 unspecified atom stereocenters. The Morgan fingerprint density at radius 1 is 1.33 bits per heavy atom. The zero-order valence-corrected chi connectivity index (χ0v) is 12.5. The molecule has 0 saturated heterocycles. The number of halogens is 2. The quantitative estimate of drug-likeness (QED) is 0.874. The summed E-state index contributed by atoms with van der Waals surface area (Å²) in [6.45, 7) is 0. The molecule has 1 aromatic carbocycles. The smallest absolute Gasteiger partial charge is 0.126 e. The lowest BCUT2D eigenvalue weighted by atomic mass is 10.0. The first-order valence-corrected chi connectivity index (χ1v) is 7.50. The van der Waals surface area contributed by atoms with Crippen molar-refractivity contribution >= 4 is 27.3 Å². The molecule has 0 aliphatic rings. The van der Waals surface area contributed by atoms with Crippen LogP contribution in [-0.2, 0) is 12.8 Å². The molecule has 96 valence electrons. The summed E-state index contributed by atoms with van der Waals surface area (Å²) in [6.07, 6.45) is 1.62. The molecule has 1 atom stereocenters. The Morgan fingerprint density at radius 3 is 2.72 bits per heavy atom. The highest BCUT2D eigenvalue weighted by molar-refractivity contribution is 9.10. The first kappa shape index (κ1) is 13.7. The molecule has 2 rings (SSSR count). The van der Waals surface area contributed by atoms with E-state index < -0.39 is 0 Å². The molecule has 1 nitrogen and oxygen atoms in total. The second-order valence-electron chi connectivity index (χ2n) is 4.22. The zero-order chi connectivity index (χ0) is 13.0. The van der Waals surface area contributed by atoms with Crippen LogP contribution in [0.3, 0.4) is 0 Å². The van der Waals surface area contributed by atoms with Gasteiger partial charge in [0.2, 0.25) is 0 Å². The van der Waals surface area contributed by atoms with Gasteiger partial charge in [-0.15, -0.1) is 11.3 Å². The number of likely N-dealkylation sites (N-methyl/N-ethyl adjacent to an activating group) is 1. The number of benzene rings is 1. The highest BCUT2D eigenvalue weighted by atomic mass is 79.9. The fraction of sp³-hybridized carbons (Fsp3) is 0.286. The van der Waals surface area contributed by atoms with Gasteiger partial charge in [-0.3, -0.25) is 0 Å². The van der Waals surface area contributed by atoms with Crippen LogP contribution >= 0.6 is 27.3 Å². The lowest BCUT2D eigenvalue weighted by Crippen LogP contribution is -2.29. The van der Waals surface area contributed by atoms with Gasteiger partial charge in [0.1, 0.15) is 5.82 Å². The van der Waals surface area contributed by atoms with Crippen molar-refractivity contribution in [3.8, 4) is 0 Å². The molecule has 1 heterocycles. The minimum Gasteiger partial charge on any atom is -0.316 e. The molecule has 0 bridgehead atoms. The van der Waals surface area contributed by atoms with E-state index in [1.54, 1.807) is 17.4 Å². The van der Waals surface area contributed by atoms with Crippen molar-refractivity contribution in [3.63, 3.8) is 0 Å². The molecule has 0 aliphatic carbocycles. The zero-order valence-electron chi connectivity index (χ0n) is 10.1. The van der Waals surface area contributed by atoms with Gasteiger partial charge in [0.25, 0.3) is 0 Å². The van der Waals surface area contributed by atoms with Crippen LogP contribution in [0.1, 0.15) is 10.4 Å². The van der Waals surface area contributed by atoms with Gasteiger partial charge in [-0.2, -0.15) is 0 Å². The van der Waals surface area contributed by atoms with Crippen molar-refractivity contribution in [3.05, 3.63) is 56.4 Å². The Bertz CT molecular complexity index is 512. The molecule has 0 spiro atoms. The third-order valence-corrected chi connectivity index (χ3v) is 4.62. The lowest BCUT2D eigenvalue weighted by Gasteiger charge is -2.15. The van der Waals surface area contributed by atoms with Gasteiger partial charge >= 0.3 is 0 Å². The molecule has 0 radical (unpaired) electrons. The first-order valence-electron chi connectivity index (χ1n) is 5.82. The lowest BCUT2D eigenvalue weighted by molar-refractivity contribution is 0.535. The van der Waals surface area contributed by atoms with Gasteiger partial charge < -0.3 is 5.32 Å². The van der Waals surface area contributed by atoms with E-state index in [0.717, 1.165) is 16.5 Å². The van der Waals surface area contributed by atoms with Crippen molar-refractivity contribution < 1.29 is 4.39 Å². The van der Waals surface area contributed by atoms with Crippen LogP contribution in [0.2, 0.25) is 0 Å². The van der Waals surface area contributed by atoms with E-state index >= 15 is 0 Å². The van der Waals surface area contributed by atoms with Crippen LogP contribution in [0, 0.1) is 5.82 Å². The summed E-state index contributed by atoms with van der Waals surface area (Å²) in [7, 11) is 1.92. The summed E-state index contributed by atoms with van der Waals surface area (Å²) in [5.41, 5.74) is 0.771. The summed E-state index contributed by atoms with van der Waals surface area (Å²) in [6, 6.07) is 9.35. The number of rotatable bonds is 5. The topological polar surface area (TPSA) is 12.0 Å². The normalized spacial score (nSPS) is 12.6. The average Bonchev–Trinajstić information content (AvgIpc) is 2.76. The van der Waals surface area contributed by atoms with Crippen LogP contribution in [0.15, 0.2) is 40.2 Å². The second-order valence-corrected chi connectivity index (χ2v) is 6.13. The molecule has 1 aromatic heterocycles. The van der Waals surface area contributed by atoms with Crippen molar-refractivity contribution in [1.82, 2.24) is 5.32 Å². The monoisotopic (exact) mass is 327 g/mol. The maximum absolute atomic E-state index is 13.6. The van der Waals surface area contributed by atoms with Gasteiger partial charge in [-0.05, 0) is 53.5 Å². The average molecular weight is 328 g/mol. The van der Waals surface area contributed by atoms with Gasteiger partial charge in [0.05, 0.1) is 0 Å². The molecule has 18 heavy (non-hydrogen) atoms. The fourth-order valence-electron chi connectivity index (χ4n) is 1.91. The van der Waals surface area contributed by atoms with E-state index in [9.17, 15) is 4.39 Å². The summed E-state index contributed by atoms with van der Waals surface area (Å²) >= 11 is 5.18. The van der Waals surface area contributed by atoms with E-state index in [2.05, 4.69) is 32.7 Å². The summed E-state index contributed by atoms with van der Waals surface area (Å²) < 4.78 is 14.7. The maximum Gasteiger partial charge on any atom is 0.126 e. The Kier molecular flexibility index (Phi) is 4.92. The van der Waals surface area contributed by atoms with Gasteiger partial charge in [0, 0.05) is 20.8 Å². The summed E-state index contributed by atoms with van der Waals surface area (Å²) in [5.74, 6) is -0.120. The van der Waals surface area contributed by atoms with Crippen LogP contribution < -0.4 is 5.32 Å². The van der Waals surface area contributed by atoms with Crippen LogP contribution in [0.25, 0.3) is 0 Å². The van der Waals surface area contributed by atoms with Gasteiger partial charge in [0.15, 0.2) is 0 Å². The molecule has 4 heteroatoms. The van der Waals surface area contributed by atoms with Crippen molar-refractivity contribution in [2.45, 2.75) is 18.9 Å². The number of thiophene rings is 1. The minimum atomic E-state index is -0.120. The Hall–Kier alpha value is -0.710. The Labute approximate surface area is 119 Å². The van der Waals surface area contributed by atoms with Crippen LogP contribution in [-0.4, -0.2) is 13.1 Å². The first-order chi connectivity index (χ1) is 8.69. The second kappa shape index (κ2) is 6.45. The van der Waals surface area contributed by atoms with Gasteiger partial charge in [-0.25, -0.2) is 4.39 Å². The van der Waals surface area contributed by atoms with Crippen LogP contribution in [0.4, 0.5) is 4.39 Å². The molecule has 2 aromatic rings. The maximum atomic E-state index is 13.6. The molecular formula is C14H15BrFNS. The third kappa shape index (κ3) is 3.64. The van der Waals surface area contributed by atoms with E-state index in [1.807, 2.05) is 19.2 Å². The summed E-state index contributed by atoms with van der Waals surface area (Å²) in [5, 5.41) is 5.33. The standard InChI is InChI=1S/C14H15BrFNS/c1-17-12(8-13-7-11(15)9-18-13)6-10-4-2-3-5-14(10)16/h2-5,7,9,12,17H,6,8H2,1H3. The minimum absolute atomic E-state index is 0.120. The fourth-order valence-corrected chi connectivity index (χ4v) is 3.44. The highest BCUT2D eigenvalue weighted by Gasteiger charge is 2.12. The molecule has 0 saturated carbocycles. The van der Waals surface area contributed by atoms with E-state index in [-0.39, 0.29) is 11.9 Å². The van der Waals surface area contributed by atoms with Gasteiger partial charge in [-0.1, -0.05) is 18.2 Å². The summed E-state index contributed by atoms with van der Waals surface area (Å²) in [4.78, 5) is 1.30. The Balaban J connectivity index is 2.04. The third-order valence-electron chi connectivity index (χ3n) is 2.90.